The molecule has 0 aromatic heterocycles. The van der Waals surface area contributed by atoms with Crippen molar-refractivity contribution in [3.8, 4) is 0 Å². The molecule has 1 nitrogen and oxygen atoms in total. The van der Waals surface area contributed by atoms with E-state index in [1.54, 1.807) is 0 Å². The van der Waals surface area contributed by atoms with Crippen LogP contribution >= 0.6 is 0 Å². The van der Waals surface area contributed by atoms with Gasteiger partial charge in [-0.15, -0.1) is 40.6 Å². The predicted molar refractivity (Wildman–Crippen MR) is 126 cm³/mol. The van der Waals surface area contributed by atoms with E-state index in [0.717, 1.165) is 6.54 Å². The van der Waals surface area contributed by atoms with Gasteiger partial charge in [0.15, 0.2) is 0 Å². The molecule has 0 spiro atoms. The molecule has 31 heavy (non-hydrogen) atoms. The molecule has 0 bridgehead atoms. The summed E-state index contributed by atoms with van der Waals surface area (Å²) < 4.78 is 0. The summed E-state index contributed by atoms with van der Waals surface area (Å²) in [6.45, 7) is 7.77. The third kappa shape index (κ3) is 7.05. The maximum absolute atomic E-state index is 2.42. The summed E-state index contributed by atoms with van der Waals surface area (Å²) in [5, 5.41) is 2.69. The van der Waals surface area contributed by atoms with Crippen molar-refractivity contribution in [1.82, 2.24) is 0 Å². The zero-order chi connectivity index (χ0) is 19.5. The molecule has 3 aromatic rings. The molecule has 1 aliphatic heterocycles. The van der Waals surface area contributed by atoms with Crippen LogP contribution in [0.5, 0.6) is 0 Å². The number of hydrogen-bond acceptors (Lipinski definition) is 1. The first-order valence-electron chi connectivity index (χ1n) is 9.82. The molecular formula is C26H26Cl2NSiZr. The van der Waals surface area contributed by atoms with E-state index < -0.39 is 0 Å². The van der Waals surface area contributed by atoms with Crippen LogP contribution in [0, 0.1) is 6.92 Å². The van der Waals surface area contributed by atoms with Crippen molar-refractivity contribution >= 4 is 30.5 Å². The molecule has 0 unspecified atom stereocenters. The second kappa shape index (κ2) is 12.6. The van der Waals surface area contributed by atoms with Gasteiger partial charge in [-0.25, -0.2) is 0 Å². The van der Waals surface area contributed by atoms with E-state index in [-0.39, 0.29) is 59.4 Å². The van der Waals surface area contributed by atoms with E-state index in [0.29, 0.717) is 0 Å². The molecule has 3 aromatic carbocycles. The summed E-state index contributed by atoms with van der Waals surface area (Å²) in [6.07, 6.45) is 6.92. The average Bonchev–Trinajstić information content (AvgIpc) is 3.34. The molecule has 0 atom stereocenters. The Kier molecular flexibility index (Phi) is 11.2. The van der Waals surface area contributed by atoms with Gasteiger partial charge in [-0.3, -0.25) is 0 Å². The average molecular weight is 543 g/mol. The van der Waals surface area contributed by atoms with Crippen molar-refractivity contribution in [3.63, 3.8) is 0 Å². The zero-order valence-electron chi connectivity index (χ0n) is 18.1. The maximum Gasteiger partial charge on any atom is 3.00 e. The van der Waals surface area contributed by atoms with Gasteiger partial charge >= 0.3 is 26.2 Å². The Balaban J connectivity index is 0.000000320. The minimum absolute atomic E-state index is 0. The van der Waals surface area contributed by atoms with Crippen LogP contribution in [-0.2, 0) is 26.2 Å². The topological polar surface area (TPSA) is 3.24 Å². The standard InChI is InChI=1S/C16H17NSi.C10H9.2ClH.Zr/c1-18(2)12-13-8-14-10-17(11-15(14)9-13)16-6-4-3-5-7-16;1-8-6-9-4-2-3-5-10(9)7-8;;;/h3-10,12H,11H2,1-2H3;2-7H,1H3;2*1H;/q;-1;;;+3/p-2. The fourth-order valence-electron chi connectivity index (χ4n) is 3.76. The molecule has 5 heteroatoms. The Labute approximate surface area is 219 Å². The largest absolute Gasteiger partial charge is 3.00 e. The van der Waals surface area contributed by atoms with E-state index >= 15 is 0 Å². The van der Waals surface area contributed by atoms with Crippen LogP contribution in [-0.4, -0.2) is 20.6 Å². The van der Waals surface area contributed by atoms with Crippen molar-refractivity contribution in [2.45, 2.75) is 20.0 Å². The van der Waals surface area contributed by atoms with Crippen LogP contribution in [0.15, 0.2) is 102 Å². The smallest absolute Gasteiger partial charge is 1.00 e. The van der Waals surface area contributed by atoms with Gasteiger partial charge in [-0.1, -0.05) is 50.0 Å². The summed E-state index contributed by atoms with van der Waals surface area (Å²) in [7, 11) is -0.292. The van der Waals surface area contributed by atoms with Gasteiger partial charge in [-0.2, -0.15) is 6.07 Å². The van der Waals surface area contributed by atoms with Crippen molar-refractivity contribution in [2.24, 2.45) is 0 Å². The number of allylic oxidation sites excluding steroid dienone is 3. The Hall–Kier alpha value is -1.38. The van der Waals surface area contributed by atoms with Gasteiger partial charge in [0.25, 0.3) is 0 Å². The molecule has 1 heterocycles. The second-order valence-electron chi connectivity index (χ2n) is 7.75. The number of halogens is 2. The first-order valence-corrected chi connectivity index (χ1v) is 12.4. The Morgan fingerprint density at radius 3 is 2.26 bits per heavy atom. The zero-order valence-corrected chi connectivity index (χ0v) is 23.0. The first kappa shape index (κ1) is 27.7. The van der Waals surface area contributed by atoms with Crippen molar-refractivity contribution in [2.75, 3.05) is 11.4 Å². The van der Waals surface area contributed by atoms with E-state index in [1.807, 2.05) is 0 Å². The number of benzene rings is 2. The number of fused-ring (bicyclic) bond motifs is 2. The van der Waals surface area contributed by atoms with Crippen LogP contribution in [0.25, 0.3) is 10.8 Å². The molecule has 0 saturated heterocycles. The number of rotatable bonds is 2. The third-order valence-corrected chi connectivity index (χ3v) is 5.89. The molecule has 5 rings (SSSR count). The summed E-state index contributed by atoms with van der Waals surface area (Å²) in [6, 6.07) is 23.4. The molecular weight excluding hydrogens is 517 g/mol. The predicted octanol–water partition coefficient (Wildman–Crippen LogP) is 0.268. The third-order valence-electron chi connectivity index (χ3n) is 4.98. The minimum Gasteiger partial charge on any atom is -1.00 e. The van der Waals surface area contributed by atoms with Gasteiger partial charge in [0.05, 0.1) is 0 Å². The molecule has 0 amide bonds. The molecule has 0 saturated carbocycles. The second-order valence-corrected chi connectivity index (χ2v) is 10.2. The summed E-state index contributed by atoms with van der Waals surface area (Å²) >= 11 is 0. The van der Waals surface area contributed by atoms with E-state index in [9.17, 15) is 0 Å². The molecule has 0 fully saturated rings. The molecule has 157 valence electrons. The number of hydrogen-bond donors (Lipinski definition) is 0. The Bertz CT molecular complexity index is 1090. The molecule has 1 radical (unpaired) electrons. The normalized spacial score (nSPS) is 13.3. The van der Waals surface area contributed by atoms with E-state index in [4.69, 9.17) is 0 Å². The first-order chi connectivity index (χ1) is 13.6. The van der Waals surface area contributed by atoms with E-state index in [2.05, 4.69) is 116 Å². The van der Waals surface area contributed by atoms with Crippen LogP contribution < -0.4 is 29.7 Å². The van der Waals surface area contributed by atoms with Crippen LogP contribution in [0.1, 0.15) is 5.56 Å². The molecule has 2 aliphatic rings. The van der Waals surface area contributed by atoms with Gasteiger partial charge in [-0.05, 0) is 41.0 Å². The SMILES string of the molecule is C[Si](C)=CC1=CC2=CN(c3ccccc3)CC2=C1.Cc1cc2ccccc2[cH-]1.[Cl-].[Cl-].[Zr+3]. The van der Waals surface area contributed by atoms with Gasteiger partial charge in [0, 0.05) is 26.8 Å². The van der Waals surface area contributed by atoms with Crippen LogP contribution in [0.2, 0.25) is 13.1 Å². The number of anilines is 1. The summed E-state index contributed by atoms with van der Waals surface area (Å²) in [5.74, 6) is 0. The Morgan fingerprint density at radius 1 is 0.935 bits per heavy atom. The number of aryl methyl sites for hydroxylation is 1. The molecule has 1 aliphatic carbocycles. The van der Waals surface area contributed by atoms with Gasteiger partial charge in [0.1, 0.15) is 0 Å². The quantitative estimate of drug-likeness (QED) is 0.332. The minimum atomic E-state index is -0.292. The van der Waals surface area contributed by atoms with Crippen molar-refractivity contribution in [1.29, 1.82) is 0 Å². The van der Waals surface area contributed by atoms with Gasteiger partial charge in [0.2, 0.25) is 0 Å². The maximum atomic E-state index is 2.42. The summed E-state index contributed by atoms with van der Waals surface area (Å²) in [4.78, 5) is 2.32. The number of para-hydroxylation sites is 1. The number of nitrogens with zero attached hydrogens (tertiary/aromatic N) is 1. The van der Waals surface area contributed by atoms with Gasteiger partial charge < -0.3 is 29.7 Å². The van der Waals surface area contributed by atoms with E-state index in [1.165, 1.54) is 38.7 Å². The summed E-state index contributed by atoms with van der Waals surface area (Å²) in [5.41, 5.74) is 9.28. The monoisotopic (exact) mass is 540 g/mol. The van der Waals surface area contributed by atoms with Crippen LogP contribution in [0.4, 0.5) is 5.69 Å². The van der Waals surface area contributed by atoms with Crippen molar-refractivity contribution < 1.29 is 51.0 Å². The van der Waals surface area contributed by atoms with Crippen LogP contribution in [0.3, 0.4) is 0 Å². The van der Waals surface area contributed by atoms with Crippen molar-refractivity contribution in [3.05, 3.63) is 107 Å². The molecule has 0 N–H and O–H groups in total. The fourth-order valence-corrected chi connectivity index (χ4v) is 4.59. The fraction of sp³-hybridized carbons (Fsp3) is 0.154. The Morgan fingerprint density at radius 2 is 1.61 bits per heavy atom.